The Morgan fingerprint density at radius 1 is 1.16 bits per heavy atom. The third-order valence-electron chi connectivity index (χ3n) is 4.10. The molecule has 1 saturated heterocycles. The van der Waals surface area contributed by atoms with Crippen LogP contribution in [-0.2, 0) is 6.42 Å². The highest BCUT2D eigenvalue weighted by Gasteiger charge is 2.18. The first-order chi connectivity index (χ1) is 9.31. The monoisotopic (exact) mass is 261 g/mol. The molecule has 2 atom stereocenters. The van der Waals surface area contributed by atoms with Gasteiger partial charge in [0.1, 0.15) is 13.2 Å². The predicted molar refractivity (Wildman–Crippen MR) is 76.0 cm³/mol. The van der Waals surface area contributed by atoms with E-state index in [9.17, 15) is 0 Å². The van der Waals surface area contributed by atoms with Gasteiger partial charge in [-0.05, 0) is 50.3 Å². The van der Waals surface area contributed by atoms with Gasteiger partial charge in [0, 0.05) is 12.1 Å². The molecule has 0 radical (unpaired) electrons. The Bertz CT molecular complexity index is 433. The molecule has 3 heteroatoms. The van der Waals surface area contributed by atoms with E-state index in [1.54, 1.807) is 0 Å². The van der Waals surface area contributed by atoms with Gasteiger partial charge in [-0.25, -0.2) is 0 Å². The second-order valence-electron chi connectivity index (χ2n) is 5.71. The lowest BCUT2D eigenvalue weighted by Gasteiger charge is -2.29. The van der Waals surface area contributed by atoms with Crippen LogP contribution in [0, 0.1) is 0 Å². The van der Waals surface area contributed by atoms with E-state index in [0.29, 0.717) is 25.3 Å². The molecule has 1 aromatic carbocycles. The summed E-state index contributed by atoms with van der Waals surface area (Å²) in [6.45, 7) is 3.62. The first kappa shape index (κ1) is 12.8. The Balaban J connectivity index is 1.57. The molecule has 2 unspecified atom stereocenters. The van der Waals surface area contributed by atoms with E-state index in [-0.39, 0.29) is 0 Å². The minimum absolute atomic E-state index is 0.663. The van der Waals surface area contributed by atoms with Crippen LogP contribution in [0.5, 0.6) is 11.5 Å². The van der Waals surface area contributed by atoms with Crippen LogP contribution in [-0.4, -0.2) is 25.3 Å². The van der Waals surface area contributed by atoms with Crippen LogP contribution in [0.1, 0.15) is 38.2 Å². The Morgan fingerprint density at radius 2 is 2.00 bits per heavy atom. The molecule has 3 rings (SSSR count). The minimum atomic E-state index is 0.663. The molecule has 0 aliphatic carbocycles. The molecule has 2 aliphatic heterocycles. The van der Waals surface area contributed by atoms with Crippen molar-refractivity contribution in [1.82, 2.24) is 5.32 Å². The van der Waals surface area contributed by atoms with Crippen molar-refractivity contribution in [3.8, 4) is 11.5 Å². The third kappa shape index (κ3) is 3.21. The van der Waals surface area contributed by atoms with Crippen LogP contribution in [0.2, 0.25) is 0 Å². The smallest absolute Gasteiger partial charge is 0.161 e. The highest BCUT2D eigenvalue weighted by Crippen LogP contribution is 2.31. The van der Waals surface area contributed by atoms with Crippen LogP contribution in [0.3, 0.4) is 0 Å². The Morgan fingerprint density at radius 3 is 2.84 bits per heavy atom. The topological polar surface area (TPSA) is 30.5 Å². The van der Waals surface area contributed by atoms with Gasteiger partial charge in [-0.3, -0.25) is 0 Å². The molecule has 0 amide bonds. The molecule has 3 nitrogen and oxygen atoms in total. The molecule has 1 fully saturated rings. The van der Waals surface area contributed by atoms with E-state index in [1.807, 2.05) is 6.07 Å². The predicted octanol–water partition coefficient (Wildman–Crippen LogP) is 2.92. The summed E-state index contributed by atoms with van der Waals surface area (Å²) in [4.78, 5) is 0. The Kier molecular flexibility index (Phi) is 3.92. The standard InChI is InChI=1S/C16H23NO2/c1-12-3-2-4-14(17-12)7-5-13-6-8-15-16(11-13)19-10-9-18-15/h6,8,11-12,14,17H,2-5,7,9-10H2,1H3. The summed E-state index contributed by atoms with van der Waals surface area (Å²) >= 11 is 0. The number of aryl methyl sites for hydroxylation is 1. The number of fused-ring (bicyclic) bond motifs is 1. The summed E-state index contributed by atoms with van der Waals surface area (Å²) in [5.74, 6) is 1.80. The number of ether oxygens (including phenoxy) is 2. The second-order valence-corrected chi connectivity index (χ2v) is 5.71. The largest absolute Gasteiger partial charge is 0.486 e. The van der Waals surface area contributed by atoms with Gasteiger partial charge < -0.3 is 14.8 Å². The van der Waals surface area contributed by atoms with Gasteiger partial charge in [-0.15, -0.1) is 0 Å². The molecule has 2 heterocycles. The fraction of sp³-hybridized carbons (Fsp3) is 0.625. The molecule has 104 valence electrons. The van der Waals surface area contributed by atoms with Gasteiger partial charge in [-0.2, -0.15) is 0 Å². The molecule has 2 aliphatic rings. The lowest BCUT2D eigenvalue weighted by Crippen LogP contribution is -2.40. The molecule has 0 saturated carbocycles. The molecular weight excluding hydrogens is 238 g/mol. The highest BCUT2D eigenvalue weighted by molar-refractivity contribution is 5.43. The fourth-order valence-corrected chi connectivity index (χ4v) is 3.05. The minimum Gasteiger partial charge on any atom is -0.486 e. The average molecular weight is 261 g/mol. The van der Waals surface area contributed by atoms with Gasteiger partial charge in [0.15, 0.2) is 11.5 Å². The lowest BCUT2D eigenvalue weighted by molar-refractivity contribution is 0.171. The SMILES string of the molecule is CC1CCCC(CCc2ccc3c(c2)OCCO3)N1. The number of hydrogen-bond acceptors (Lipinski definition) is 3. The zero-order valence-electron chi connectivity index (χ0n) is 11.7. The maximum Gasteiger partial charge on any atom is 0.161 e. The molecular formula is C16H23NO2. The molecule has 19 heavy (non-hydrogen) atoms. The van der Waals surface area contributed by atoms with Crippen LogP contribution in [0.15, 0.2) is 18.2 Å². The van der Waals surface area contributed by atoms with E-state index in [2.05, 4.69) is 24.4 Å². The third-order valence-corrected chi connectivity index (χ3v) is 4.10. The van der Waals surface area contributed by atoms with E-state index in [4.69, 9.17) is 9.47 Å². The first-order valence-electron chi connectivity index (χ1n) is 7.46. The van der Waals surface area contributed by atoms with Gasteiger partial charge in [0.2, 0.25) is 0 Å². The van der Waals surface area contributed by atoms with Crippen molar-refractivity contribution in [2.45, 2.75) is 51.1 Å². The van der Waals surface area contributed by atoms with Crippen LogP contribution in [0.4, 0.5) is 0 Å². The van der Waals surface area contributed by atoms with Crippen molar-refractivity contribution >= 4 is 0 Å². The van der Waals surface area contributed by atoms with Crippen molar-refractivity contribution in [2.24, 2.45) is 0 Å². The Hall–Kier alpha value is -1.22. The van der Waals surface area contributed by atoms with E-state index >= 15 is 0 Å². The van der Waals surface area contributed by atoms with E-state index in [1.165, 1.54) is 31.2 Å². The number of piperidine rings is 1. The first-order valence-corrected chi connectivity index (χ1v) is 7.46. The quantitative estimate of drug-likeness (QED) is 0.907. The summed E-state index contributed by atoms with van der Waals surface area (Å²) < 4.78 is 11.2. The molecule has 0 aromatic heterocycles. The summed E-state index contributed by atoms with van der Waals surface area (Å²) in [5.41, 5.74) is 1.35. The van der Waals surface area contributed by atoms with Gasteiger partial charge in [0.25, 0.3) is 0 Å². The van der Waals surface area contributed by atoms with E-state index in [0.717, 1.165) is 17.9 Å². The number of rotatable bonds is 3. The zero-order chi connectivity index (χ0) is 13.1. The molecule has 1 aromatic rings. The normalized spacial score (nSPS) is 26.2. The maximum absolute atomic E-state index is 5.63. The van der Waals surface area contributed by atoms with Crippen LogP contribution >= 0.6 is 0 Å². The number of hydrogen-bond donors (Lipinski definition) is 1. The summed E-state index contributed by atoms with van der Waals surface area (Å²) in [6.07, 6.45) is 6.32. The van der Waals surface area contributed by atoms with Crippen LogP contribution < -0.4 is 14.8 Å². The molecule has 0 bridgehead atoms. The number of benzene rings is 1. The van der Waals surface area contributed by atoms with E-state index < -0.39 is 0 Å². The van der Waals surface area contributed by atoms with Crippen molar-refractivity contribution in [1.29, 1.82) is 0 Å². The van der Waals surface area contributed by atoms with Crippen molar-refractivity contribution in [3.05, 3.63) is 23.8 Å². The summed E-state index contributed by atoms with van der Waals surface area (Å²) in [6, 6.07) is 7.71. The van der Waals surface area contributed by atoms with Gasteiger partial charge >= 0.3 is 0 Å². The number of nitrogens with one attached hydrogen (secondary N) is 1. The fourth-order valence-electron chi connectivity index (χ4n) is 3.05. The second kappa shape index (κ2) is 5.83. The zero-order valence-corrected chi connectivity index (χ0v) is 11.7. The van der Waals surface area contributed by atoms with Gasteiger partial charge in [0.05, 0.1) is 0 Å². The van der Waals surface area contributed by atoms with Crippen molar-refractivity contribution in [2.75, 3.05) is 13.2 Å². The van der Waals surface area contributed by atoms with Gasteiger partial charge in [-0.1, -0.05) is 12.5 Å². The van der Waals surface area contributed by atoms with Crippen LogP contribution in [0.25, 0.3) is 0 Å². The summed E-state index contributed by atoms with van der Waals surface area (Å²) in [5, 5.41) is 3.69. The van der Waals surface area contributed by atoms with Crippen molar-refractivity contribution < 1.29 is 9.47 Å². The highest BCUT2D eigenvalue weighted by atomic mass is 16.6. The maximum atomic E-state index is 5.63. The van der Waals surface area contributed by atoms with Crippen molar-refractivity contribution in [3.63, 3.8) is 0 Å². The summed E-state index contributed by atoms with van der Waals surface area (Å²) in [7, 11) is 0. The Labute approximate surface area is 115 Å². The molecule has 0 spiro atoms. The average Bonchev–Trinajstić information content (AvgIpc) is 2.45. The molecule has 1 N–H and O–H groups in total. The lowest BCUT2D eigenvalue weighted by atomic mass is 9.94.